The lowest BCUT2D eigenvalue weighted by Crippen LogP contribution is -2.69. The molecule has 0 saturated heterocycles. The van der Waals surface area contributed by atoms with Gasteiger partial charge in [0.1, 0.15) is 0 Å². The smallest absolute Gasteiger partial charge is 0.191 e. The SMILES string of the molecule is CN=C(NCCCOCCOC)NC1CC(C)(OC)C1(C)C.I. The number of hydrogen-bond acceptors (Lipinski definition) is 4. The predicted octanol–water partition coefficient (Wildman–Crippen LogP) is 2.03. The Bertz CT molecular complexity index is 366. The van der Waals surface area contributed by atoms with Crippen LogP contribution in [0.2, 0.25) is 0 Å². The fourth-order valence-electron chi connectivity index (χ4n) is 2.71. The Morgan fingerprint density at radius 1 is 1.17 bits per heavy atom. The maximum atomic E-state index is 5.65. The minimum absolute atomic E-state index is 0. The van der Waals surface area contributed by atoms with Crippen LogP contribution in [-0.4, -0.2) is 65.2 Å². The Balaban J connectivity index is 0.00000484. The van der Waals surface area contributed by atoms with Crippen LogP contribution in [0.5, 0.6) is 0 Å². The number of methoxy groups -OCH3 is 2. The van der Waals surface area contributed by atoms with Crippen LogP contribution in [0, 0.1) is 5.41 Å². The predicted molar refractivity (Wildman–Crippen MR) is 105 cm³/mol. The van der Waals surface area contributed by atoms with E-state index in [1.807, 2.05) is 0 Å². The lowest BCUT2D eigenvalue weighted by atomic mass is 9.56. The summed E-state index contributed by atoms with van der Waals surface area (Å²) >= 11 is 0. The highest BCUT2D eigenvalue weighted by atomic mass is 127. The van der Waals surface area contributed by atoms with Crippen LogP contribution in [0.1, 0.15) is 33.6 Å². The highest BCUT2D eigenvalue weighted by Crippen LogP contribution is 2.51. The zero-order chi connectivity index (χ0) is 16.6. The Morgan fingerprint density at radius 2 is 1.87 bits per heavy atom. The highest BCUT2D eigenvalue weighted by molar-refractivity contribution is 14.0. The van der Waals surface area contributed by atoms with Gasteiger partial charge < -0.3 is 24.8 Å². The summed E-state index contributed by atoms with van der Waals surface area (Å²) in [7, 11) is 5.26. The maximum absolute atomic E-state index is 5.65. The third kappa shape index (κ3) is 6.03. The summed E-state index contributed by atoms with van der Waals surface area (Å²) < 4.78 is 16.0. The Labute approximate surface area is 158 Å². The summed E-state index contributed by atoms with van der Waals surface area (Å²) in [5.41, 5.74) is 0.00133. The van der Waals surface area contributed by atoms with Crippen molar-refractivity contribution in [2.45, 2.75) is 45.3 Å². The molecule has 138 valence electrons. The van der Waals surface area contributed by atoms with Gasteiger partial charge in [0.2, 0.25) is 0 Å². The third-order valence-corrected chi connectivity index (χ3v) is 5.00. The van der Waals surface area contributed by atoms with Crippen molar-refractivity contribution in [1.82, 2.24) is 10.6 Å². The van der Waals surface area contributed by atoms with Crippen molar-refractivity contribution in [3.63, 3.8) is 0 Å². The molecular formula is C16H34IN3O3. The molecule has 0 radical (unpaired) electrons. The van der Waals surface area contributed by atoms with Gasteiger partial charge in [-0.3, -0.25) is 4.99 Å². The number of hydrogen-bond donors (Lipinski definition) is 2. The van der Waals surface area contributed by atoms with Gasteiger partial charge in [0.15, 0.2) is 5.96 Å². The van der Waals surface area contributed by atoms with E-state index in [1.165, 1.54) is 0 Å². The molecule has 1 saturated carbocycles. The van der Waals surface area contributed by atoms with Gasteiger partial charge in [-0.1, -0.05) is 13.8 Å². The van der Waals surface area contributed by atoms with E-state index < -0.39 is 0 Å². The number of rotatable bonds is 9. The average Bonchev–Trinajstić information content (AvgIpc) is 2.51. The van der Waals surface area contributed by atoms with Gasteiger partial charge in [-0.25, -0.2) is 0 Å². The maximum Gasteiger partial charge on any atom is 0.191 e. The summed E-state index contributed by atoms with van der Waals surface area (Å²) in [6, 6.07) is 0.363. The fraction of sp³-hybridized carbons (Fsp3) is 0.938. The van der Waals surface area contributed by atoms with Crippen molar-refractivity contribution in [2.75, 3.05) is 47.6 Å². The Morgan fingerprint density at radius 3 is 2.39 bits per heavy atom. The second kappa shape index (κ2) is 10.7. The number of nitrogens with zero attached hydrogens (tertiary/aromatic N) is 1. The molecule has 1 rings (SSSR count). The van der Waals surface area contributed by atoms with Crippen molar-refractivity contribution < 1.29 is 14.2 Å². The number of guanidine groups is 1. The first-order valence-electron chi connectivity index (χ1n) is 8.00. The van der Waals surface area contributed by atoms with Crippen molar-refractivity contribution in [3.05, 3.63) is 0 Å². The van der Waals surface area contributed by atoms with Crippen molar-refractivity contribution in [3.8, 4) is 0 Å². The zero-order valence-corrected chi connectivity index (χ0v) is 17.7. The summed E-state index contributed by atoms with van der Waals surface area (Å²) in [6.45, 7) is 9.48. The van der Waals surface area contributed by atoms with Crippen LogP contribution >= 0.6 is 24.0 Å². The van der Waals surface area contributed by atoms with Crippen LogP contribution in [0.3, 0.4) is 0 Å². The second-order valence-electron chi connectivity index (χ2n) is 6.52. The van der Waals surface area contributed by atoms with Gasteiger partial charge in [-0.15, -0.1) is 24.0 Å². The van der Waals surface area contributed by atoms with E-state index in [4.69, 9.17) is 14.2 Å². The number of nitrogens with one attached hydrogen (secondary N) is 2. The molecule has 23 heavy (non-hydrogen) atoms. The minimum atomic E-state index is -0.0707. The zero-order valence-electron chi connectivity index (χ0n) is 15.4. The van der Waals surface area contributed by atoms with Crippen LogP contribution in [-0.2, 0) is 14.2 Å². The summed E-state index contributed by atoms with van der Waals surface area (Å²) in [5, 5.41) is 6.82. The molecule has 0 amide bonds. The van der Waals surface area contributed by atoms with Crippen molar-refractivity contribution in [2.24, 2.45) is 10.4 Å². The lowest BCUT2D eigenvalue weighted by molar-refractivity contribution is -0.176. The Hall–Kier alpha value is -0.120. The fourth-order valence-corrected chi connectivity index (χ4v) is 2.71. The van der Waals surface area contributed by atoms with Gasteiger partial charge in [0, 0.05) is 45.9 Å². The van der Waals surface area contributed by atoms with E-state index >= 15 is 0 Å². The monoisotopic (exact) mass is 443 g/mol. The van der Waals surface area contributed by atoms with E-state index in [0.717, 1.165) is 32.0 Å². The summed E-state index contributed by atoms with van der Waals surface area (Å²) in [6.07, 6.45) is 1.92. The third-order valence-electron chi connectivity index (χ3n) is 5.00. The molecule has 1 aliphatic rings. The highest BCUT2D eigenvalue weighted by Gasteiger charge is 2.57. The van der Waals surface area contributed by atoms with E-state index in [0.29, 0.717) is 19.3 Å². The molecule has 0 aliphatic heterocycles. The number of ether oxygens (including phenoxy) is 3. The first-order chi connectivity index (χ1) is 10.4. The minimum Gasteiger partial charge on any atom is -0.382 e. The quantitative estimate of drug-likeness (QED) is 0.247. The van der Waals surface area contributed by atoms with Crippen LogP contribution < -0.4 is 10.6 Å². The molecule has 6 nitrogen and oxygen atoms in total. The van der Waals surface area contributed by atoms with Crippen LogP contribution in [0.25, 0.3) is 0 Å². The molecule has 1 fully saturated rings. The molecule has 0 aromatic carbocycles. The second-order valence-corrected chi connectivity index (χ2v) is 6.52. The molecule has 0 spiro atoms. The van der Waals surface area contributed by atoms with Gasteiger partial charge >= 0.3 is 0 Å². The summed E-state index contributed by atoms with van der Waals surface area (Å²) in [4.78, 5) is 4.29. The van der Waals surface area contributed by atoms with E-state index in [9.17, 15) is 0 Å². The molecular weight excluding hydrogens is 409 g/mol. The summed E-state index contributed by atoms with van der Waals surface area (Å²) in [5.74, 6) is 0.841. The molecule has 2 N–H and O–H groups in total. The normalized spacial score (nSPS) is 26.2. The standard InChI is InChI=1S/C16H33N3O3.HI/c1-15(2)13(12-16(15,3)21-6)19-14(17-4)18-8-7-9-22-11-10-20-5;/h13H,7-12H2,1-6H3,(H2,17,18,19);1H. The molecule has 2 atom stereocenters. The van der Waals surface area contributed by atoms with Gasteiger partial charge in [0.25, 0.3) is 0 Å². The van der Waals surface area contributed by atoms with E-state index in [2.05, 4.69) is 36.4 Å². The van der Waals surface area contributed by atoms with Crippen LogP contribution in [0.4, 0.5) is 0 Å². The average molecular weight is 443 g/mol. The molecule has 2 unspecified atom stereocenters. The molecule has 7 heteroatoms. The first-order valence-corrected chi connectivity index (χ1v) is 8.00. The number of aliphatic imine (C=N–C) groups is 1. The van der Waals surface area contributed by atoms with E-state index in [-0.39, 0.29) is 35.0 Å². The van der Waals surface area contributed by atoms with E-state index in [1.54, 1.807) is 21.3 Å². The lowest BCUT2D eigenvalue weighted by Gasteiger charge is -2.59. The topological polar surface area (TPSA) is 64.1 Å². The first kappa shape index (κ1) is 22.9. The molecule has 0 heterocycles. The van der Waals surface area contributed by atoms with Gasteiger partial charge in [0.05, 0.1) is 18.8 Å². The van der Waals surface area contributed by atoms with Crippen LogP contribution in [0.15, 0.2) is 4.99 Å². The molecule has 1 aliphatic carbocycles. The molecule has 0 aromatic heterocycles. The molecule has 0 bridgehead atoms. The molecule has 0 aromatic rings. The van der Waals surface area contributed by atoms with Crippen molar-refractivity contribution >= 4 is 29.9 Å². The van der Waals surface area contributed by atoms with Crippen molar-refractivity contribution in [1.29, 1.82) is 0 Å². The largest absolute Gasteiger partial charge is 0.382 e. The number of halogens is 1. The van der Waals surface area contributed by atoms with Gasteiger partial charge in [-0.05, 0) is 19.8 Å². The van der Waals surface area contributed by atoms with Gasteiger partial charge in [-0.2, -0.15) is 0 Å². The Kier molecular flexibility index (Phi) is 10.6.